The highest BCUT2D eigenvalue weighted by atomic mass is 16.5. The molecule has 0 aliphatic rings. The van der Waals surface area contributed by atoms with Crippen LogP contribution in [0, 0.1) is 0 Å². The molecule has 2 atom stereocenters. The minimum atomic E-state index is -1.01. The van der Waals surface area contributed by atoms with Crippen molar-refractivity contribution in [2.45, 2.75) is 45.4 Å². The van der Waals surface area contributed by atoms with Gasteiger partial charge in [0.05, 0.1) is 12.2 Å². The van der Waals surface area contributed by atoms with E-state index in [1.165, 1.54) is 0 Å². The van der Waals surface area contributed by atoms with E-state index >= 15 is 0 Å². The van der Waals surface area contributed by atoms with Crippen LogP contribution in [0.25, 0.3) is 11.1 Å². The van der Waals surface area contributed by atoms with Gasteiger partial charge in [0.1, 0.15) is 17.1 Å². The molecule has 4 N–H and O–H groups in total. The standard InChI is InChI=1S/C27H31NO5/c1-17(2)33-25-16-22(10-13-24(25)27(31)32)20-6-4-19(5-7-20)14-15-28-18(3)26(30)21-8-11-23(29)12-9-21/h4-13,16-18,26,28-30H,14-15H2,1-3H3,(H,31,32)/t18-,26+/m0/s1. The lowest BCUT2D eigenvalue weighted by Crippen LogP contribution is -2.33. The van der Waals surface area contributed by atoms with Crippen LogP contribution in [-0.2, 0) is 6.42 Å². The van der Waals surface area contributed by atoms with Crippen molar-refractivity contribution in [1.82, 2.24) is 5.32 Å². The van der Waals surface area contributed by atoms with Crippen LogP contribution in [0.15, 0.2) is 66.7 Å². The lowest BCUT2D eigenvalue weighted by molar-refractivity contribution is 0.0690. The van der Waals surface area contributed by atoms with Crippen molar-refractivity contribution in [3.8, 4) is 22.6 Å². The molecule has 3 aromatic rings. The maximum Gasteiger partial charge on any atom is 0.339 e. The zero-order chi connectivity index (χ0) is 24.0. The molecule has 0 aromatic heterocycles. The second kappa shape index (κ2) is 11.0. The van der Waals surface area contributed by atoms with Gasteiger partial charge in [0.25, 0.3) is 0 Å². The second-order valence-corrected chi connectivity index (χ2v) is 8.41. The molecule has 0 amide bonds. The molecule has 0 unspecified atom stereocenters. The maximum atomic E-state index is 11.5. The fraction of sp³-hybridized carbons (Fsp3) is 0.296. The third-order valence-corrected chi connectivity index (χ3v) is 5.45. The van der Waals surface area contributed by atoms with E-state index < -0.39 is 12.1 Å². The van der Waals surface area contributed by atoms with Crippen LogP contribution >= 0.6 is 0 Å². The summed E-state index contributed by atoms with van der Waals surface area (Å²) in [6.45, 7) is 6.37. The Balaban J connectivity index is 1.60. The van der Waals surface area contributed by atoms with Crippen LogP contribution in [0.4, 0.5) is 0 Å². The SMILES string of the molecule is CC(C)Oc1cc(-c2ccc(CCN[C@@H](C)[C@@H](O)c3ccc(O)cc3)cc2)ccc1C(=O)O. The van der Waals surface area contributed by atoms with E-state index in [9.17, 15) is 20.1 Å². The molecule has 0 radical (unpaired) electrons. The van der Waals surface area contributed by atoms with E-state index in [4.69, 9.17) is 4.74 Å². The van der Waals surface area contributed by atoms with Gasteiger partial charge >= 0.3 is 5.97 Å². The summed E-state index contributed by atoms with van der Waals surface area (Å²) in [5.74, 6) is -0.467. The van der Waals surface area contributed by atoms with Gasteiger partial charge in [-0.15, -0.1) is 0 Å². The van der Waals surface area contributed by atoms with E-state index in [0.29, 0.717) is 12.3 Å². The number of rotatable bonds is 10. The fourth-order valence-electron chi connectivity index (χ4n) is 3.61. The number of aliphatic hydroxyl groups excluding tert-OH is 1. The van der Waals surface area contributed by atoms with Crippen molar-refractivity contribution in [2.24, 2.45) is 0 Å². The van der Waals surface area contributed by atoms with Gasteiger partial charge < -0.3 is 25.4 Å². The van der Waals surface area contributed by atoms with Gasteiger partial charge in [-0.05, 0) is 80.3 Å². The Labute approximate surface area is 194 Å². The Morgan fingerprint density at radius 2 is 1.58 bits per heavy atom. The topological polar surface area (TPSA) is 99.0 Å². The largest absolute Gasteiger partial charge is 0.508 e. The van der Waals surface area contributed by atoms with Crippen LogP contribution in [0.1, 0.15) is 48.4 Å². The highest BCUT2D eigenvalue weighted by Gasteiger charge is 2.16. The number of phenolic OH excluding ortho intramolecular Hbond substituents is 1. The van der Waals surface area contributed by atoms with Crippen molar-refractivity contribution in [2.75, 3.05) is 6.54 Å². The number of aliphatic hydroxyl groups is 1. The Hall–Kier alpha value is -3.35. The number of phenols is 1. The fourth-order valence-corrected chi connectivity index (χ4v) is 3.61. The molecule has 0 spiro atoms. The van der Waals surface area contributed by atoms with Crippen molar-refractivity contribution in [3.05, 3.63) is 83.4 Å². The molecule has 0 saturated carbocycles. The van der Waals surface area contributed by atoms with Crippen LogP contribution in [0.3, 0.4) is 0 Å². The van der Waals surface area contributed by atoms with Gasteiger partial charge in [-0.25, -0.2) is 4.79 Å². The van der Waals surface area contributed by atoms with Crippen molar-refractivity contribution in [1.29, 1.82) is 0 Å². The molecule has 6 nitrogen and oxygen atoms in total. The molecule has 33 heavy (non-hydrogen) atoms. The molecular formula is C27H31NO5. The van der Waals surface area contributed by atoms with E-state index in [1.807, 2.05) is 45.0 Å². The molecule has 6 heteroatoms. The predicted octanol–water partition coefficient (Wildman–Crippen LogP) is 4.80. The average molecular weight is 450 g/mol. The molecule has 174 valence electrons. The number of aromatic carboxylic acids is 1. The first kappa shape index (κ1) is 24.3. The normalized spacial score (nSPS) is 13.0. The number of carbonyl (C=O) groups is 1. The summed E-state index contributed by atoms with van der Waals surface area (Å²) in [5.41, 5.74) is 3.93. The van der Waals surface area contributed by atoms with E-state index in [2.05, 4.69) is 5.32 Å². The zero-order valence-electron chi connectivity index (χ0n) is 19.2. The van der Waals surface area contributed by atoms with Gasteiger partial charge in [0, 0.05) is 6.04 Å². The van der Waals surface area contributed by atoms with Gasteiger partial charge in [0.2, 0.25) is 0 Å². The molecule has 0 heterocycles. The van der Waals surface area contributed by atoms with Gasteiger partial charge in [-0.2, -0.15) is 0 Å². The molecule has 0 aliphatic heterocycles. The molecule has 0 fully saturated rings. The number of carboxylic acid groups (broad SMARTS) is 1. The molecule has 3 aromatic carbocycles. The van der Waals surface area contributed by atoms with Gasteiger partial charge in [-0.3, -0.25) is 0 Å². The van der Waals surface area contributed by atoms with E-state index in [1.54, 1.807) is 42.5 Å². The number of ether oxygens (including phenoxy) is 1. The summed E-state index contributed by atoms with van der Waals surface area (Å²) >= 11 is 0. The second-order valence-electron chi connectivity index (χ2n) is 8.41. The highest BCUT2D eigenvalue weighted by molar-refractivity contribution is 5.92. The Morgan fingerprint density at radius 3 is 2.18 bits per heavy atom. The van der Waals surface area contributed by atoms with Crippen molar-refractivity contribution >= 4 is 5.97 Å². The monoisotopic (exact) mass is 449 g/mol. The molecule has 0 bridgehead atoms. The maximum absolute atomic E-state index is 11.5. The summed E-state index contributed by atoms with van der Waals surface area (Å²) in [6, 6.07) is 19.7. The lowest BCUT2D eigenvalue weighted by atomic mass is 10.0. The van der Waals surface area contributed by atoms with Crippen molar-refractivity contribution in [3.63, 3.8) is 0 Å². The first-order valence-corrected chi connectivity index (χ1v) is 11.1. The van der Waals surface area contributed by atoms with Gasteiger partial charge in [0.15, 0.2) is 0 Å². The smallest absolute Gasteiger partial charge is 0.339 e. The number of hydrogen-bond acceptors (Lipinski definition) is 5. The first-order chi connectivity index (χ1) is 15.7. The molecule has 0 saturated heterocycles. The van der Waals surface area contributed by atoms with Crippen LogP contribution in [0.5, 0.6) is 11.5 Å². The number of carboxylic acids is 1. The number of nitrogens with one attached hydrogen (secondary N) is 1. The Kier molecular flexibility index (Phi) is 8.09. The third-order valence-electron chi connectivity index (χ3n) is 5.45. The third kappa shape index (κ3) is 6.57. The highest BCUT2D eigenvalue weighted by Crippen LogP contribution is 2.29. The average Bonchev–Trinajstić information content (AvgIpc) is 2.79. The van der Waals surface area contributed by atoms with Crippen molar-refractivity contribution < 1.29 is 24.9 Å². The number of benzene rings is 3. The van der Waals surface area contributed by atoms with E-state index in [-0.39, 0.29) is 23.5 Å². The molecule has 3 rings (SSSR count). The Morgan fingerprint density at radius 1 is 0.939 bits per heavy atom. The molecular weight excluding hydrogens is 418 g/mol. The summed E-state index contributed by atoms with van der Waals surface area (Å²) in [5, 5.41) is 32.6. The van der Waals surface area contributed by atoms with Crippen LogP contribution < -0.4 is 10.1 Å². The minimum Gasteiger partial charge on any atom is -0.508 e. The summed E-state index contributed by atoms with van der Waals surface area (Å²) < 4.78 is 5.70. The molecule has 0 aliphatic carbocycles. The predicted molar refractivity (Wildman–Crippen MR) is 129 cm³/mol. The van der Waals surface area contributed by atoms with Crippen LogP contribution in [-0.4, -0.2) is 40.0 Å². The summed E-state index contributed by atoms with van der Waals surface area (Å²) in [7, 11) is 0. The summed E-state index contributed by atoms with van der Waals surface area (Å²) in [6.07, 6.45) is 0.0132. The number of hydrogen-bond donors (Lipinski definition) is 4. The Bertz CT molecular complexity index is 1060. The summed E-state index contributed by atoms with van der Waals surface area (Å²) in [4.78, 5) is 11.5. The van der Waals surface area contributed by atoms with E-state index in [0.717, 1.165) is 28.7 Å². The van der Waals surface area contributed by atoms with Gasteiger partial charge in [-0.1, -0.05) is 42.5 Å². The first-order valence-electron chi connectivity index (χ1n) is 11.1. The zero-order valence-corrected chi connectivity index (χ0v) is 19.2. The lowest BCUT2D eigenvalue weighted by Gasteiger charge is -2.21. The minimum absolute atomic E-state index is 0.122. The van der Waals surface area contributed by atoms with Crippen LogP contribution in [0.2, 0.25) is 0 Å². The quantitative estimate of drug-likeness (QED) is 0.355. The number of aromatic hydroxyl groups is 1.